The van der Waals surface area contributed by atoms with E-state index in [9.17, 15) is 24.0 Å². The predicted molar refractivity (Wildman–Crippen MR) is 108 cm³/mol. The number of ether oxygens (including phenoxy) is 1. The maximum atomic E-state index is 12.9. The zero-order chi connectivity index (χ0) is 22.1. The molecule has 0 aromatic carbocycles. The number of Topliss-reactive ketones (excluding diaryl/α,β-unsaturated/α-hetero) is 1. The van der Waals surface area contributed by atoms with E-state index in [1.807, 2.05) is 13.8 Å². The molecule has 1 unspecified atom stereocenters. The molecule has 0 bridgehead atoms. The first-order valence-electron chi connectivity index (χ1n) is 9.43. The Balaban J connectivity index is 5.38. The monoisotopic (exact) mass is 416 g/mol. The Morgan fingerprint density at radius 3 is 2.00 bits per heavy atom. The van der Waals surface area contributed by atoms with E-state index in [1.165, 1.54) is 0 Å². The summed E-state index contributed by atoms with van der Waals surface area (Å²) in [5.74, 6) is -2.34. The van der Waals surface area contributed by atoms with Crippen molar-refractivity contribution in [1.82, 2.24) is 10.2 Å². The van der Waals surface area contributed by atoms with Crippen LogP contribution in [0.2, 0.25) is 0 Å². The van der Waals surface area contributed by atoms with Gasteiger partial charge in [0.15, 0.2) is 0 Å². The molecule has 0 aliphatic carbocycles. The van der Waals surface area contributed by atoms with Crippen LogP contribution in [0, 0.1) is 0 Å². The normalized spacial score (nSPS) is 12.3. The third-order valence-corrected chi connectivity index (χ3v) is 5.07. The molecule has 0 aliphatic rings. The Bertz CT molecular complexity index is 599. The van der Waals surface area contributed by atoms with Crippen molar-refractivity contribution in [1.29, 1.82) is 0 Å². The maximum Gasteiger partial charge on any atom is 0.314 e. The predicted octanol–water partition coefficient (Wildman–Crippen LogP) is 1.70. The fourth-order valence-corrected chi connectivity index (χ4v) is 3.32. The van der Waals surface area contributed by atoms with Crippen molar-refractivity contribution in [3.05, 3.63) is 0 Å². The number of carbonyl (C=O) groups excluding carboxylic acids is 5. The minimum atomic E-state index is -1.10. The van der Waals surface area contributed by atoms with Crippen LogP contribution >= 0.6 is 11.8 Å². The van der Waals surface area contributed by atoms with Crippen molar-refractivity contribution >= 4 is 40.4 Å². The molecular weight excluding hydrogens is 384 g/mol. The molecule has 0 rings (SSSR count). The smallest absolute Gasteiger partial charge is 0.314 e. The van der Waals surface area contributed by atoms with E-state index in [-0.39, 0.29) is 24.3 Å². The highest BCUT2D eigenvalue weighted by Crippen LogP contribution is 2.31. The average Bonchev–Trinajstić information content (AvgIpc) is 2.58. The second kappa shape index (κ2) is 11.8. The Labute approximate surface area is 171 Å². The molecule has 0 aromatic rings. The highest BCUT2D eigenvalue weighted by atomic mass is 32.2. The molecule has 160 valence electrons. The van der Waals surface area contributed by atoms with Gasteiger partial charge in [0.05, 0.1) is 6.10 Å². The molecule has 0 fully saturated rings. The molecule has 1 N–H and O–H groups in total. The number of rotatable bonds is 11. The lowest BCUT2D eigenvalue weighted by Gasteiger charge is -2.35. The van der Waals surface area contributed by atoms with E-state index in [2.05, 4.69) is 5.32 Å². The number of carbonyl (C=O) groups is 5. The molecule has 1 atom stereocenters. The van der Waals surface area contributed by atoms with Crippen LogP contribution in [0.15, 0.2) is 0 Å². The van der Waals surface area contributed by atoms with E-state index >= 15 is 0 Å². The van der Waals surface area contributed by atoms with Gasteiger partial charge in [-0.3, -0.25) is 24.0 Å². The summed E-state index contributed by atoms with van der Waals surface area (Å²) in [6.45, 7) is 12.7. The molecule has 2 amide bonds. The van der Waals surface area contributed by atoms with Crippen LogP contribution in [0.5, 0.6) is 0 Å². The highest BCUT2D eigenvalue weighted by Gasteiger charge is 2.41. The molecule has 0 saturated heterocycles. The number of thioether (sulfide) groups is 1. The molecule has 0 spiro atoms. The van der Waals surface area contributed by atoms with E-state index < -0.39 is 34.1 Å². The van der Waals surface area contributed by atoms with Gasteiger partial charge < -0.3 is 15.0 Å². The SMILES string of the molecule is CCC(=O)NC(C(=O)N(CC)CC)C(C)(C)SC(=O)C(=O)CC(=O)OC(C)C. The fourth-order valence-electron chi connectivity index (χ4n) is 2.38. The molecule has 8 nitrogen and oxygen atoms in total. The molecule has 9 heteroatoms. The Morgan fingerprint density at radius 1 is 1.04 bits per heavy atom. The lowest BCUT2D eigenvalue weighted by Crippen LogP contribution is -2.57. The first-order valence-corrected chi connectivity index (χ1v) is 10.2. The van der Waals surface area contributed by atoms with Crippen LogP contribution in [0.1, 0.15) is 61.3 Å². The number of likely N-dealkylation sites (N-methyl/N-ethyl adjacent to an activating group) is 1. The number of nitrogens with one attached hydrogen (secondary N) is 1. The van der Waals surface area contributed by atoms with Crippen LogP contribution in [0.4, 0.5) is 0 Å². The van der Waals surface area contributed by atoms with Gasteiger partial charge in [-0.05, 0) is 41.5 Å². The second-order valence-corrected chi connectivity index (χ2v) is 8.62. The summed E-state index contributed by atoms with van der Waals surface area (Å²) in [6, 6.07) is -0.996. The summed E-state index contributed by atoms with van der Waals surface area (Å²) in [5.41, 5.74) is 0. The van der Waals surface area contributed by atoms with Crippen LogP contribution < -0.4 is 5.32 Å². The first-order chi connectivity index (χ1) is 12.9. The van der Waals surface area contributed by atoms with Crippen molar-refractivity contribution in [2.75, 3.05) is 13.1 Å². The second-order valence-electron chi connectivity index (χ2n) is 7.00. The highest BCUT2D eigenvalue weighted by molar-refractivity contribution is 8.16. The van der Waals surface area contributed by atoms with Gasteiger partial charge in [0.2, 0.25) is 17.6 Å². The third kappa shape index (κ3) is 8.41. The quantitative estimate of drug-likeness (QED) is 0.310. The number of nitrogens with zero attached hydrogens (tertiary/aromatic N) is 1. The number of hydrogen-bond donors (Lipinski definition) is 1. The van der Waals surface area contributed by atoms with Crippen molar-refractivity contribution < 1.29 is 28.7 Å². The molecule has 0 aromatic heterocycles. The minimum absolute atomic E-state index is 0.177. The van der Waals surface area contributed by atoms with Crippen LogP contribution in [0.3, 0.4) is 0 Å². The van der Waals surface area contributed by atoms with Crippen LogP contribution in [-0.2, 0) is 28.7 Å². The van der Waals surface area contributed by atoms with Crippen molar-refractivity contribution in [3.8, 4) is 0 Å². The zero-order valence-corrected chi connectivity index (χ0v) is 18.6. The number of amides is 2. The number of ketones is 1. The summed E-state index contributed by atoms with van der Waals surface area (Å²) in [7, 11) is 0. The topological polar surface area (TPSA) is 110 Å². The molecule has 28 heavy (non-hydrogen) atoms. The van der Waals surface area contributed by atoms with Gasteiger partial charge in [0.25, 0.3) is 5.12 Å². The third-order valence-electron chi connectivity index (χ3n) is 3.90. The van der Waals surface area contributed by atoms with Gasteiger partial charge in [-0.2, -0.15) is 0 Å². The van der Waals surface area contributed by atoms with Crippen molar-refractivity contribution in [2.24, 2.45) is 0 Å². The minimum Gasteiger partial charge on any atom is -0.463 e. The van der Waals surface area contributed by atoms with E-state index in [4.69, 9.17) is 4.74 Å². The van der Waals surface area contributed by atoms with Gasteiger partial charge in [-0.15, -0.1) is 0 Å². The lowest BCUT2D eigenvalue weighted by atomic mass is 10.0. The number of esters is 1. The average molecular weight is 417 g/mol. The Kier molecular flexibility index (Phi) is 11.0. The van der Waals surface area contributed by atoms with Crippen molar-refractivity contribution in [2.45, 2.75) is 78.2 Å². The van der Waals surface area contributed by atoms with Gasteiger partial charge >= 0.3 is 5.97 Å². The van der Waals surface area contributed by atoms with Gasteiger partial charge in [0, 0.05) is 24.3 Å². The fraction of sp³-hybridized carbons (Fsp3) is 0.737. The van der Waals surface area contributed by atoms with Crippen LogP contribution in [0.25, 0.3) is 0 Å². The first kappa shape index (κ1) is 26.1. The van der Waals surface area contributed by atoms with Crippen LogP contribution in [-0.4, -0.2) is 63.6 Å². The van der Waals surface area contributed by atoms with E-state index in [1.54, 1.807) is 39.5 Å². The summed E-state index contributed by atoms with van der Waals surface area (Å²) >= 11 is 0.640. The largest absolute Gasteiger partial charge is 0.463 e. The van der Waals surface area contributed by atoms with Gasteiger partial charge in [-0.25, -0.2) is 0 Å². The molecular formula is C19H32N2O6S. The van der Waals surface area contributed by atoms with E-state index in [0.717, 1.165) is 0 Å². The number of hydrogen-bond acceptors (Lipinski definition) is 7. The zero-order valence-electron chi connectivity index (χ0n) is 17.8. The Hall–Kier alpha value is -1.90. The summed E-state index contributed by atoms with van der Waals surface area (Å²) in [4.78, 5) is 62.4. The molecule has 0 aliphatic heterocycles. The van der Waals surface area contributed by atoms with Crippen molar-refractivity contribution in [3.63, 3.8) is 0 Å². The molecule has 0 radical (unpaired) electrons. The molecule has 0 heterocycles. The summed E-state index contributed by atoms with van der Waals surface area (Å²) in [6.07, 6.45) is -0.868. The lowest BCUT2D eigenvalue weighted by molar-refractivity contribution is -0.150. The molecule has 0 saturated carbocycles. The van der Waals surface area contributed by atoms with Gasteiger partial charge in [0.1, 0.15) is 12.5 Å². The summed E-state index contributed by atoms with van der Waals surface area (Å²) in [5, 5.41) is 1.81. The Morgan fingerprint density at radius 2 is 1.57 bits per heavy atom. The van der Waals surface area contributed by atoms with E-state index in [0.29, 0.717) is 24.9 Å². The maximum absolute atomic E-state index is 12.9. The van der Waals surface area contributed by atoms with Gasteiger partial charge in [-0.1, -0.05) is 18.7 Å². The summed E-state index contributed by atoms with van der Waals surface area (Å²) < 4.78 is 3.78. The standard InChI is InChI=1S/C19H32N2O6S/c1-8-14(23)20-16(17(25)21(9-2)10-3)19(6,7)28-18(26)13(22)11-15(24)27-12(4)5/h12,16H,8-11H2,1-7H3,(H,20,23).